The van der Waals surface area contributed by atoms with Crippen LogP contribution in [0.25, 0.3) is 0 Å². The lowest BCUT2D eigenvalue weighted by molar-refractivity contribution is -0.151. The molecule has 712 valence electrons. The predicted octanol–water partition coefficient (Wildman–Crippen LogP) is -6.98. The van der Waals surface area contributed by atoms with Gasteiger partial charge in [0.25, 0.3) is 0 Å². The second-order valence-electron chi connectivity index (χ2n) is 33.4. The number of primary amides is 1. The fraction of sp³-hybridized carbons (Fsp3) is 0.619. The Morgan fingerprint density at radius 3 is 1.33 bits per heavy atom. The lowest BCUT2D eigenvalue weighted by Gasteiger charge is -2.34. The largest absolute Gasteiger partial charge is 0.508 e. The van der Waals surface area contributed by atoms with Gasteiger partial charge in [0, 0.05) is 45.4 Å². The highest BCUT2D eigenvalue weighted by molar-refractivity contribution is 6.01. The molecule has 129 heavy (non-hydrogen) atoms. The van der Waals surface area contributed by atoms with Crippen molar-refractivity contribution in [3.05, 3.63) is 65.7 Å². The number of carboxylic acid groups (broad SMARTS) is 2. The van der Waals surface area contributed by atoms with E-state index < -0.39 is 280 Å². The number of phenolic OH excluding ortho intramolecular Hbond substituents is 1. The molecule has 0 spiro atoms. The number of amides is 18. The predicted molar refractivity (Wildman–Crippen MR) is 455 cm³/mol. The van der Waals surface area contributed by atoms with E-state index in [1.807, 2.05) is 0 Å². The van der Waals surface area contributed by atoms with E-state index in [1.54, 1.807) is 71.9 Å². The number of aliphatic carboxylic acids is 2. The number of likely N-dealkylation sites (tertiary alicyclic amines) is 4. The maximum atomic E-state index is 14.7. The molecule has 0 saturated carbocycles. The van der Waals surface area contributed by atoms with Crippen LogP contribution in [0.2, 0.25) is 0 Å². The normalized spacial score (nSPS) is 18.7. The molecule has 4 aliphatic rings. The molecule has 2 aromatic rings. The molecule has 0 unspecified atom stereocenters. The van der Waals surface area contributed by atoms with Gasteiger partial charge < -0.3 is 131 Å². The summed E-state index contributed by atoms with van der Waals surface area (Å²) in [5, 5.41) is 91.0. The average Bonchev–Trinajstić information content (AvgIpc) is 1.64. The van der Waals surface area contributed by atoms with Crippen LogP contribution in [-0.2, 0) is 109 Å². The maximum Gasteiger partial charge on any atom is 0.303 e. The van der Waals surface area contributed by atoms with Crippen LogP contribution in [0.15, 0.2) is 54.6 Å². The zero-order valence-electron chi connectivity index (χ0n) is 73.5. The van der Waals surface area contributed by atoms with Gasteiger partial charge in [0.1, 0.15) is 90.3 Å². The average molecular weight is 1820 g/mol. The molecule has 23 N–H and O–H groups in total. The highest BCUT2D eigenvalue weighted by atomic mass is 16.4. The van der Waals surface area contributed by atoms with Crippen molar-refractivity contribution < 1.29 is 127 Å². The summed E-state index contributed by atoms with van der Waals surface area (Å²) >= 11 is 0. The number of carbonyl (C=O) groups excluding carboxylic acids is 18. The van der Waals surface area contributed by atoms with E-state index in [0.29, 0.717) is 31.2 Å². The van der Waals surface area contributed by atoms with Crippen molar-refractivity contribution in [2.45, 2.75) is 248 Å². The first-order chi connectivity index (χ1) is 61.1. The van der Waals surface area contributed by atoms with Gasteiger partial charge in [-0.15, -0.1) is 0 Å². The van der Waals surface area contributed by atoms with Crippen molar-refractivity contribution in [3.63, 3.8) is 0 Å². The maximum absolute atomic E-state index is 14.7. The Kier molecular flexibility index (Phi) is 42.0. The molecule has 45 heteroatoms. The third-order valence-corrected chi connectivity index (χ3v) is 22.5. The van der Waals surface area contributed by atoms with Crippen LogP contribution >= 0.6 is 0 Å². The number of nitrogens with zero attached hydrogens (tertiary/aromatic N) is 4. The molecule has 0 radical (unpaired) electrons. The van der Waals surface area contributed by atoms with Crippen molar-refractivity contribution in [2.75, 3.05) is 65.6 Å². The molecule has 16 atom stereocenters. The standard InChI is InChI=1S/C84H125N19O26/c1-8-46(6)69(99-71(116)51(85)36-48-16-10-9-11-17-48)81(126)92-53(27-29-68(113)114)74(119)95-56(37-49-22-24-50(107)25-23-49)77(122)94-55(35-45(4)5)76(121)93-54(34-44(2)3)75(120)91-52(26-28-67(111)112)72(117)88-38-64(108)87-40-66(110)100-30-12-18-60(100)79(124)98-59(43-106)78(123)97-58(42-105)73(118)89-39-65(109)90-47(7)82(127)102-32-14-20-62(102)84(129)103-33-15-21-63(103)83(128)101-31-13-19-61(101)80(125)96-57(41-104)70(86)115/h9-11,16-17,22-25,44-47,51-63,69,104-107H,8,12-15,18-21,26-43,85H2,1-7H3,(H2,86,115)(H,87,108)(H,88,117)(H,89,118)(H,90,109)(H,91,120)(H,92,126)(H,93,121)(H,94,122)(H,95,119)(H,96,125)(H,97,123)(H,98,124)(H,99,116)(H,111,112)(H,113,114)/t46-,47-,51-,52-,53-,54-,55-,56-,57-,58-,59-,60-,61-,62-,63-,69-/m0/s1. The van der Waals surface area contributed by atoms with Gasteiger partial charge in [0.2, 0.25) is 106 Å². The van der Waals surface area contributed by atoms with Crippen LogP contribution in [0.4, 0.5) is 0 Å². The molecule has 4 saturated heterocycles. The Labute approximate surface area is 745 Å². The minimum absolute atomic E-state index is 0.0161. The Morgan fingerprint density at radius 2 is 0.814 bits per heavy atom. The van der Waals surface area contributed by atoms with Gasteiger partial charge in [-0.05, 0) is 131 Å². The van der Waals surface area contributed by atoms with Crippen LogP contribution in [0.3, 0.4) is 0 Å². The molecule has 4 heterocycles. The molecule has 18 amide bonds. The number of hydrogen-bond acceptors (Lipinski definition) is 25. The highest BCUT2D eigenvalue weighted by Crippen LogP contribution is 2.30. The van der Waals surface area contributed by atoms with Crippen molar-refractivity contribution in [2.24, 2.45) is 29.2 Å². The third-order valence-electron chi connectivity index (χ3n) is 22.5. The van der Waals surface area contributed by atoms with Crippen LogP contribution in [-0.4, -0.2) is 325 Å². The van der Waals surface area contributed by atoms with E-state index in [9.17, 15) is 127 Å². The lowest BCUT2D eigenvalue weighted by Crippen LogP contribution is -2.61. The van der Waals surface area contributed by atoms with Gasteiger partial charge in [-0.3, -0.25) is 95.9 Å². The number of rotatable bonds is 50. The van der Waals surface area contributed by atoms with Crippen LogP contribution in [0, 0.1) is 17.8 Å². The summed E-state index contributed by atoms with van der Waals surface area (Å²) < 4.78 is 0. The van der Waals surface area contributed by atoms with Crippen LogP contribution in [0.1, 0.15) is 156 Å². The first-order valence-electron chi connectivity index (χ1n) is 43.3. The molecule has 4 aliphatic heterocycles. The van der Waals surface area contributed by atoms with Crippen LogP contribution in [0.5, 0.6) is 5.75 Å². The minimum atomic E-state index is -1.80. The van der Waals surface area contributed by atoms with E-state index in [2.05, 4.69) is 69.1 Å². The summed E-state index contributed by atoms with van der Waals surface area (Å²) in [6, 6.07) is -6.46. The summed E-state index contributed by atoms with van der Waals surface area (Å²) in [6.45, 7) is 6.60. The number of aliphatic hydroxyl groups is 3. The van der Waals surface area contributed by atoms with Gasteiger partial charge in [0.15, 0.2) is 0 Å². The number of nitrogens with two attached hydrogens (primary N) is 2. The zero-order chi connectivity index (χ0) is 95.6. The summed E-state index contributed by atoms with van der Waals surface area (Å²) in [5.74, 6) is -20.2. The summed E-state index contributed by atoms with van der Waals surface area (Å²) in [4.78, 5) is 276. The fourth-order valence-corrected chi connectivity index (χ4v) is 15.4. The Bertz CT molecular complexity index is 4310. The van der Waals surface area contributed by atoms with Crippen molar-refractivity contribution in [3.8, 4) is 5.75 Å². The minimum Gasteiger partial charge on any atom is -0.508 e. The van der Waals surface area contributed by atoms with E-state index in [1.165, 1.54) is 45.9 Å². The Morgan fingerprint density at radius 1 is 0.411 bits per heavy atom. The van der Waals surface area contributed by atoms with Gasteiger partial charge in [-0.2, -0.15) is 0 Å². The smallest absolute Gasteiger partial charge is 0.303 e. The first-order valence-corrected chi connectivity index (χ1v) is 43.3. The quantitative estimate of drug-likeness (QED) is 0.0293. The molecule has 0 aliphatic carbocycles. The number of carbonyl (C=O) groups is 20. The van der Waals surface area contributed by atoms with Gasteiger partial charge in [0.05, 0.1) is 45.5 Å². The highest BCUT2D eigenvalue weighted by Gasteiger charge is 2.48. The van der Waals surface area contributed by atoms with Gasteiger partial charge in [-0.25, -0.2) is 0 Å². The number of nitrogens with one attached hydrogen (secondary N) is 13. The summed E-state index contributed by atoms with van der Waals surface area (Å²) in [6.07, 6.45) is -0.234. The number of carboxylic acids is 2. The fourth-order valence-electron chi connectivity index (χ4n) is 15.4. The first kappa shape index (κ1) is 105. The summed E-state index contributed by atoms with van der Waals surface area (Å²) in [5.41, 5.74) is 12.6. The van der Waals surface area contributed by atoms with Gasteiger partial charge >= 0.3 is 11.9 Å². The number of aliphatic hydroxyl groups excluding tert-OH is 3. The molecule has 4 fully saturated rings. The molecule has 2 aromatic carbocycles. The second-order valence-corrected chi connectivity index (χ2v) is 33.4. The SMILES string of the molecule is CC[C@H](C)[C@H](NC(=O)[C@@H](N)Cc1ccccc1)C(=O)N[C@@H](CCC(=O)O)C(=O)N[C@@H](Cc1ccc(O)cc1)C(=O)N[C@@H](CC(C)C)C(=O)N[C@@H](CC(C)C)C(=O)N[C@@H](CCC(=O)O)C(=O)NCC(=O)NCC(=O)N1CCC[C@H]1C(=O)N[C@@H](CO)C(=O)N[C@@H](CO)C(=O)NCC(=O)N[C@@H](C)C(=O)N1CCC[C@H]1C(=O)N1CCC[C@H]1C(=O)N1CCC[C@H]1C(=O)N[C@@H](CO)C(N)=O. The summed E-state index contributed by atoms with van der Waals surface area (Å²) in [7, 11) is 0. The number of hydrogen-bond donors (Lipinski definition) is 21. The molecular weight excluding hydrogens is 1690 g/mol. The molecule has 45 nitrogen and oxygen atoms in total. The van der Waals surface area contributed by atoms with E-state index in [-0.39, 0.29) is 102 Å². The Hall–Kier alpha value is -12.5. The van der Waals surface area contributed by atoms with E-state index >= 15 is 0 Å². The van der Waals surface area contributed by atoms with Crippen LogP contribution < -0.4 is 80.6 Å². The number of aromatic hydroxyl groups is 1. The van der Waals surface area contributed by atoms with Crippen molar-refractivity contribution in [1.82, 2.24) is 88.7 Å². The number of benzene rings is 2. The molecule has 0 aromatic heterocycles. The van der Waals surface area contributed by atoms with E-state index in [0.717, 1.165) is 10.5 Å². The van der Waals surface area contributed by atoms with Crippen molar-refractivity contribution in [1.29, 1.82) is 0 Å². The number of phenols is 1. The second kappa shape index (κ2) is 51.5. The van der Waals surface area contributed by atoms with E-state index in [4.69, 9.17) is 11.5 Å². The third kappa shape index (κ3) is 32.3. The molecular formula is C84H125N19O26. The lowest BCUT2D eigenvalue weighted by atomic mass is 9.96. The zero-order valence-corrected chi connectivity index (χ0v) is 73.5. The van der Waals surface area contributed by atoms with Gasteiger partial charge in [-0.1, -0.05) is 90.4 Å². The monoisotopic (exact) mass is 1820 g/mol. The Balaban J connectivity index is 1.01. The molecule has 6 rings (SSSR count). The molecule has 0 bridgehead atoms. The topological polar surface area (TPSA) is 684 Å². The van der Waals surface area contributed by atoms with Crippen molar-refractivity contribution >= 4 is 118 Å².